The van der Waals surface area contributed by atoms with Gasteiger partial charge >= 0.3 is 51.4 Å². The van der Waals surface area contributed by atoms with E-state index in [1.807, 2.05) is 0 Å². The molecule has 0 heterocycles. The zero-order valence-electron chi connectivity index (χ0n) is 2.80. The van der Waals surface area contributed by atoms with Gasteiger partial charge in [0, 0.05) is 43.3 Å². The third-order valence-corrected chi connectivity index (χ3v) is 0. The van der Waals surface area contributed by atoms with Gasteiger partial charge in [-0.1, -0.05) is 0 Å². The summed E-state index contributed by atoms with van der Waals surface area (Å²) in [4.78, 5) is 0. The largest absolute Gasteiger partial charge is 1.00 e. The average Bonchev–Trinajstić information content (AvgIpc) is 0. The molecule has 4 heteroatoms. The van der Waals surface area contributed by atoms with Crippen LogP contribution in [0.4, 0.5) is 0 Å². The van der Waals surface area contributed by atoms with Gasteiger partial charge in [0.05, 0.1) is 0 Å². The van der Waals surface area contributed by atoms with E-state index in [2.05, 4.69) is 0 Å². The van der Waals surface area contributed by atoms with Crippen molar-refractivity contribution in [1.29, 1.82) is 0 Å². The van der Waals surface area contributed by atoms with E-state index in [0.717, 1.165) is 0 Å². The minimum atomic E-state index is 0. The molecule has 0 amide bonds. The first-order valence-corrected chi connectivity index (χ1v) is 0. The van der Waals surface area contributed by atoms with Crippen molar-refractivity contribution >= 4 is 11.0 Å². The molecule has 0 unspecified atom stereocenters. The maximum Gasteiger partial charge on any atom is 1.00 e. The van der Waals surface area contributed by atoms with Crippen LogP contribution in [0.15, 0.2) is 0 Å². The third-order valence-electron chi connectivity index (χ3n) is 0. The summed E-state index contributed by atoms with van der Waals surface area (Å²) in [6.07, 6.45) is 0. The Bertz CT molecular complexity index is 11.6. The monoisotopic (exact) mass is 225 g/mol. The van der Waals surface area contributed by atoms with Crippen LogP contribution in [-0.2, 0) is 43.3 Å². The SMILES string of the molecule is [Cu].[H-].[K+].[SiH4].[Zr]. The summed E-state index contributed by atoms with van der Waals surface area (Å²) < 4.78 is 0. The third kappa shape index (κ3) is 8.98. The molecule has 0 aliphatic heterocycles. The standard InChI is InChI=1S/Cu.K.H4Si.Zr.H/h;;1H4;;/q;+1;;;-1. The zero-order valence-corrected chi connectivity index (χ0v) is 8.32. The van der Waals surface area contributed by atoms with E-state index in [4.69, 9.17) is 0 Å². The molecule has 4 heavy (non-hydrogen) atoms. The van der Waals surface area contributed by atoms with E-state index in [0.29, 0.717) is 0 Å². The Kier molecular flexibility index (Phi) is 109. The van der Waals surface area contributed by atoms with Crippen LogP contribution in [0.2, 0.25) is 0 Å². The minimum absolute atomic E-state index is 0. The molecule has 0 atom stereocenters. The van der Waals surface area contributed by atoms with Crippen molar-refractivity contribution in [2.24, 2.45) is 0 Å². The number of hydrogen-bond acceptors (Lipinski definition) is 0. The predicted octanol–water partition coefficient (Wildman–Crippen LogP) is -4.34. The fourth-order valence-corrected chi connectivity index (χ4v) is 0. The van der Waals surface area contributed by atoms with Crippen molar-refractivity contribution in [2.45, 2.75) is 0 Å². The quantitative estimate of drug-likeness (QED) is 0.367. The number of rotatable bonds is 0. The van der Waals surface area contributed by atoms with E-state index >= 15 is 0 Å². The molecular formula is H5CuKSiZr. The van der Waals surface area contributed by atoms with E-state index in [9.17, 15) is 0 Å². The van der Waals surface area contributed by atoms with Crippen molar-refractivity contribution in [3.05, 3.63) is 0 Å². The summed E-state index contributed by atoms with van der Waals surface area (Å²) in [5, 5.41) is 0. The first-order valence-electron chi connectivity index (χ1n) is 0. The zero-order chi connectivity index (χ0) is 0. The Morgan fingerprint density at radius 3 is 1.25 bits per heavy atom. The van der Waals surface area contributed by atoms with E-state index in [1.54, 1.807) is 0 Å². The fourth-order valence-electron chi connectivity index (χ4n) is 0. The van der Waals surface area contributed by atoms with Crippen LogP contribution in [0.5, 0.6) is 0 Å². The molecule has 0 spiro atoms. The molecule has 0 saturated heterocycles. The molecule has 0 aromatic rings. The van der Waals surface area contributed by atoms with Crippen LogP contribution in [-0.4, -0.2) is 11.0 Å². The molecule has 0 aromatic carbocycles. The Balaban J connectivity index is 0. The molecule has 0 rings (SSSR count). The van der Waals surface area contributed by atoms with Crippen LogP contribution in [0, 0.1) is 0 Å². The second-order valence-electron chi connectivity index (χ2n) is 0. The maximum atomic E-state index is 0. The van der Waals surface area contributed by atoms with Gasteiger partial charge in [0.2, 0.25) is 0 Å². The topological polar surface area (TPSA) is 0 Å². The average molecular weight is 227 g/mol. The molecule has 0 aliphatic carbocycles. The predicted molar refractivity (Wildman–Crippen MR) is 12.4 cm³/mol. The van der Waals surface area contributed by atoms with Gasteiger partial charge < -0.3 is 1.43 Å². The molecule has 0 N–H and O–H groups in total. The van der Waals surface area contributed by atoms with Gasteiger partial charge in [-0.2, -0.15) is 0 Å². The molecule has 0 bridgehead atoms. The van der Waals surface area contributed by atoms with Crippen LogP contribution in [0.25, 0.3) is 0 Å². The first-order chi connectivity index (χ1) is 0. The number of hydrogen-bond donors (Lipinski definition) is 0. The van der Waals surface area contributed by atoms with E-state index in [1.165, 1.54) is 0 Å². The van der Waals surface area contributed by atoms with Gasteiger partial charge in [-0.15, -0.1) is 0 Å². The second kappa shape index (κ2) is 16.3. The molecule has 0 aliphatic rings. The summed E-state index contributed by atoms with van der Waals surface area (Å²) in [5.41, 5.74) is 0. The Hall–Kier alpha value is 3.26. The molecular weight excluding hydrogens is 222 g/mol. The normalized spacial score (nSPS) is 0. The summed E-state index contributed by atoms with van der Waals surface area (Å²) >= 11 is 0. The molecule has 25 valence electrons. The first kappa shape index (κ1) is 26.8. The molecule has 0 nitrogen and oxygen atoms in total. The van der Waals surface area contributed by atoms with Crippen molar-refractivity contribution in [3.63, 3.8) is 0 Å². The fraction of sp³-hybridized carbons (Fsp3) is 0. The van der Waals surface area contributed by atoms with Gasteiger partial charge in [0.1, 0.15) is 0 Å². The summed E-state index contributed by atoms with van der Waals surface area (Å²) in [6, 6.07) is 0. The summed E-state index contributed by atoms with van der Waals surface area (Å²) in [6.45, 7) is 0. The van der Waals surface area contributed by atoms with Crippen LogP contribution < -0.4 is 51.4 Å². The van der Waals surface area contributed by atoms with Crippen LogP contribution >= 0.6 is 0 Å². The minimum Gasteiger partial charge on any atom is -1.00 e. The molecule has 0 fully saturated rings. The van der Waals surface area contributed by atoms with Gasteiger partial charge in [-0.3, -0.25) is 0 Å². The Morgan fingerprint density at radius 2 is 1.25 bits per heavy atom. The van der Waals surface area contributed by atoms with Crippen LogP contribution in [0.3, 0.4) is 0 Å². The Labute approximate surface area is 104 Å². The van der Waals surface area contributed by atoms with Crippen molar-refractivity contribution in [3.8, 4) is 0 Å². The summed E-state index contributed by atoms with van der Waals surface area (Å²) in [7, 11) is 0. The van der Waals surface area contributed by atoms with Gasteiger partial charge in [0.15, 0.2) is 0 Å². The van der Waals surface area contributed by atoms with E-state index < -0.39 is 0 Å². The second-order valence-corrected chi connectivity index (χ2v) is 0. The van der Waals surface area contributed by atoms with Crippen molar-refractivity contribution in [2.75, 3.05) is 0 Å². The molecule has 1 radical (unpaired) electrons. The molecule has 0 saturated carbocycles. The van der Waals surface area contributed by atoms with Gasteiger partial charge in [-0.25, -0.2) is 0 Å². The molecule has 0 aromatic heterocycles. The van der Waals surface area contributed by atoms with Gasteiger partial charge in [-0.05, 0) is 11.0 Å². The Morgan fingerprint density at radius 1 is 1.25 bits per heavy atom. The van der Waals surface area contributed by atoms with Crippen LogP contribution in [0.1, 0.15) is 1.43 Å². The summed E-state index contributed by atoms with van der Waals surface area (Å²) in [5.74, 6) is 0. The van der Waals surface area contributed by atoms with Gasteiger partial charge in [0.25, 0.3) is 0 Å². The van der Waals surface area contributed by atoms with Crippen molar-refractivity contribution in [1.82, 2.24) is 0 Å². The van der Waals surface area contributed by atoms with E-state index in [-0.39, 0.29) is 107 Å². The smallest absolute Gasteiger partial charge is 1.00 e. The van der Waals surface area contributed by atoms with Crippen molar-refractivity contribution < 1.29 is 96.1 Å². The maximum absolute atomic E-state index is 0.